The molecule has 3 amide bonds. The maximum absolute atomic E-state index is 13.6. The van der Waals surface area contributed by atoms with Gasteiger partial charge in [0.1, 0.15) is 5.75 Å². The lowest BCUT2D eigenvalue weighted by atomic mass is 9.98. The zero-order valence-corrected chi connectivity index (χ0v) is 15.8. The van der Waals surface area contributed by atoms with Crippen LogP contribution in [0, 0.1) is 0 Å². The quantitative estimate of drug-likeness (QED) is 0.605. The summed E-state index contributed by atoms with van der Waals surface area (Å²) in [6.45, 7) is 0. The maximum Gasteiger partial charge on any atom is 0.417 e. The molecule has 0 heterocycles. The van der Waals surface area contributed by atoms with E-state index in [1.165, 1.54) is 25.3 Å². The summed E-state index contributed by atoms with van der Waals surface area (Å²) in [5.74, 6) is -0.490. The molecule has 0 aliphatic carbocycles. The summed E-state index contributed by atoms with van der Waals surface area (Å²) in [6.07, 6.45) is -4.63. The minimum absolute atomic E-state index is 0.0147. The number of para-hydroxylation sites is 1. The molecule has 0 fully saturated rings. The Morgan fingerprint density at radius 3 is 2.23 bits per heavy atom. The fraction of sp³-hybridized carbons (Fsp3) is 0.0909. The molecule has 3 aromatic carbocycles. The summed E-state index contributed by atoms with van der Waals surface area (Å²) in [6, 6.07) is 16.8. The van der Waals surface area contributed by atoms with Crippen LogP contribution < -0.4 is 15.4 Å². The van der Waals surface area contributed by atoms with E-state index in [1.807, 2.05) is 0 Å². The van der Waals surface area contributed by atoms with Crippen LogP contribution in [0.3, 0.4) is 0 Å². The van der Waals surface area contributed by atoms with Crippen LogP contribution in [-0.2, 0) is 6.18 Å². The third-order valence-corrected chi connectivity index (χ3v) is 4.25. The van der Waals surface area contributed by atoms with Crippen molar-refractivity contribution < 1.29 is 27.5 Å². The Bertz CT molecular complexity index is 1070. The molecule has 5 nitrogen and oxygen atoms in total. The normalized spacial score (nSPS) is 10.9. The molecule has 3 rings (SSSR count). The van der Waals surface area contributed by atoms with Gasteiger partial charge >= 0.3 is 12.2 Å². The van der Waals surface area contributed by atoms with Crippen LogP contribution in [0.5, 0.6) is 5.75 Å². The van der Waals surface area contributed by atoms with Crippen LogP contribution in [0.25, 0.3) is 11.1 Å². The average Bonchev–Trinajstić information content (AvgIpc) is 2.73. The maximum atomic E-state index is 13.6. The number of carbonyl (C=O) groups is 2. The SMILES string of the molecule is COc1ccccc1C(=O)NC(=O)Nc1ccc(-c2ccccc2)c(C(F)(F)F)c1. The van der Waals surface area contributed by atoms with Gasteiger partial charge in [-0.05, 0) is 35.4 Å². The summed E-state index contributed by atoms with van der Waals surface area (Å²) in [5, 5.41) is 4.33. The molecule has 0 unspecified atom stereocenters. The Morgan fingerprint density at radius 1 is 0.900 bits per heavy atom. The number of urea groups is 1. The van der Waals surface area contributed by atoms with Crippen LogP contribution in [0.4, 0.5) is 23.7 Å². The predicted octanol–water partition coefficient (Wildman–Crippen LogP) is 5.34. The molecule has 0 saturated heterocycles. The number of nitrogens with one attached hydrogen (secondary N) is 2. The van der Waals surface area contributed by atoms with Crippen LogP contribution in [0.15, 0.2) is 72.8 Å². The van der Waals surface area contributed by atoms with Crippen molar-refractivity contribution in [3.8, 4) is 16.9 Å². The van der Waals surface area contributed by atoms with Crippen molar-refractivity contribution in [2.45, 2.75) is 6.18 Å². The first-order valence-electron chi connectivity index (χ1n) is 8.81. The van der Waals surface area contributed by atoms with Gasteiger partial charge in [0.15, 0.2) is 0 Å². The number of anilines is 1. The zero-order valence-electron chi connectivity index (χ0n) is 15.8. The van der Waals surface area contributed by atoms with E-state index in [4.69, 9.17) is 4.74 Å². The summed E-state index contributed by atoms with van der Waals surface area (Å²) in [5.41, 5.74) is -0.508. The smallest absolute Gasteiger partial charge is 0.417 e. The molecule has 0 aromatic heterocycles. The Labute approximate surface area is 170 Å². The molecule has 0 radical (unpaired) electrons. The highest BCUT2D eigenvalue weighted by Crippen LogP contribution is 2.38. The number of imide groups is 1. The molecule has 0 spiro atoms. The van der Waals surface area contributed by atoms with E-state index in [-0.39, 0.29) is 22.6 Å². The average molecular weight is 414 g/mol. The number of methoxy groups -OCH3 is 1. The van der Waals surface area contributed by atoms with Gasteiger partial charge in [0, 0.05) is 5.69 Å². The largest absolute Gasteiger partial charge is 0.496 e. The highest BCUT2D eigenvalue weighted by Gasteiger charge is 2.34. The summed E-state index contributed by atoms with van der Waals surface area (Å²) in [4.78, 5) is 24.4. The van der Waals surface area contributed by atoms with Gasteiger partial charge in [0.05, 0.1) is 18.2 Å². The van der Waals surface area contributed by atoms with Crippen molar-refractivity contribution in [3.63, 3.8) is 0 Å². The van der Waals surface area contributed by atoms with E-state index < -0.39 is 23.7 Å². The first kappa shape index (κ1) is 20.9. The van der Waals surface area contributed by atoms with Crippen molar-refractivity contribution in [2.24, 2.45) is 0 Å². The Balaban J connectivity index is 1.81. The fourth-order valence-corrected chi connectivity index (χ4v) is 2.89. The monoisotopic (exact) mass is 414 g/mol. The molecule has 154 valence electrons. The first-order valence-corrected chi connectivity index (χ1v) is 8.81. The van der Waals surface area contributed by atoms with E-state index in [0.29, 0.717) is 5.56 Å². The van der Waals surface area contributed by atoms with Gasteiger partial charge in [-0.15, -0.1) is 0 Å². The zero-order chi connectivity index (χ0) is 21.7. The van der Waals surface area contributed by atoms with Gasteiger partial charge < -0.3 is 10.1 Å². The van der Waals surface area contributed by atoms with Crippen LogP contribution in [0.2, 0.25) is 0 Å². The lowest BCUT2D eigenvalue weighted by molar-refractivity contribution is -0.137. The van der Waals surface area contributed by atoms with Crippen molar-refractivity contribution in [1.82, 2.24) is 5.32 Å². The molecule has 2 N–H and O–H groups in total. The molecule has 0 saturated carbocycles. The number of carbonyl (C=O) groups excluding carboxylic acids is 2. The van der Waals surface area contributed by atoms with Crippen LogP contribution >= 0.6 is 0 Å². The van der Waals surface area contributed by atoms with Crippen molar-refractivity contribution in [2.75, 3.05) is 12.4 Å². The van der Waals surface area contributed by atoms with Gasteiger partial charge in [-0.3, -0.25) is 10.1 Å². The van der Waals surface area contributed by atoms with Crippen molar-refractivity contribution >= 4 is 17.6 Å². The minimum atomic E-state index is -4.63. The van der Waals surface area contributed by atoms with Crippen LogP contribution in [-0.4, -0.2) is 19.0 Å². The van der Waals surface area contributed by atoms with Crippen LogP contribution in [0.1, 0.15) is 15.9 Å². The fourth-order valence-electron chi connectivity index (χ4n) is 2.89. The molecule has 0 aliphatic rings. The number of amides is 3. The van der Waals surface area contributed by atoms with Gasteiger partial charge in [0.2, 0.25) is 0 Å². The van der Waals surface area contributed by atoms with Gasteiger partial charge in [-0.2, -0.15) is 13.2 Å². The lowest BCUT2D eigenvalue weighted by Gasteiger charge is -2.15. The Hall–Kier alpha value is -3.81. The number of alkyl halides is 3. The number of hydrogen-bond acceptors (Lipinski definition) is 3. The highest BCUT2D eigenvalue weighted by molar-refractivity contribution is 6.09. The number of ether oxygens (including phenoxy) is 1. The molecule has 3 aromatic rings. The number of rotatable bonds is 4. The topological polar surface area (TPSA) is 67.4 Å². The summed E-state index contributed by atoms with van der Waals surface area (Å²) in [7, 11) is 1.37. The van der Waals surface area contributed by atoms with E-state index in [0.717, 1.165) is 6.07 Å². The van der Waals surface area contributed by atoms with Gasteiger partial charge in [-0.1, -0.05) is 48.5 Å². The molecule has 8 heteroatoms. The molecular weight excluding hydrogens is 397 g/mol. The predicted molar refractivity (Wildman–Crippen MR) is 106 cm³/mol. The van der Waals surface area contributed by atoms with Gasteiger partial charge in [-0.25, -0.2) is 4.79 Å². The molecular formula is C22H17F3N2O3. The second-order valence-electron chi connectivity index (χ2n) is 6.23. The van der Waals surface area contributed by atoms with E-state index in [2.05, 4.69) is 10.6 Å². The number of hydrogen-bond donors (Lipinski definition) is 2. The van der Waals surface area contributed by atoms with Crippen molar-refractivity contribution in [3.05, 3.63) is 83.9 Å². The second kappa shape index (κ2) is 8.69. The van der Waals surface area contributed by atoms with E-state index >= 15 is 0 Å². The van der Waals surface area contributed by atoms with E-state index in [9.17, 15) is 22.8 Å². The Morgan fingerprint density at radius 2 is 1.57 bits per heavy atom. The third-order valence-electron chi connectivity index (χ3n) is 4.25. The highest BCUT2D eigenvalue weighted by atomic mass is 19.4. The number of halogens is 3. The summed E-state index contributed by atoms with van der Waals surface area (Å²) < 4.78 is 45.8. The molecule has 0 bridgehead atoms. The van der Waals surface area contributed by atoms with Gasteiger partial charge in [0.25, 0.3) is 5.91 Å². The standard InChI is InChI=1S/C22H17F3N2O3/c1-30-19-10-6-5-9-17(19)20(28)27-21(29)26-15-11-12-16(14-7-3-2-4-8-14)18(13-15)22(23,24)25/h2-13H,1H3,(H2,26,27,28,29). The minimum Gasteiger partial charge on any atom is -0.496 e. The Kier molecular flexibility index (Phi) is 6.06. The summed E-state index contributed by atoms with van der Waals surface area (Å²) >= 11 is 0. The molecule has 0 aliphatic heterocycles. The lowest BCUT2D eigenvalue weighted by Crippen LogP contribution is -2.34. The van der Waals surface area contributed by atoms with E-state index in [1.54, 1.807) is 48.5 Å². The molecule has 30 heavy (non-hydrogen) atoms. The third kappa shape index (κ3) is 4.78. The number of benzene rings is 3. The second-order valence-corrected chi connectivity index (χ2v) is 6.23. The van der Waals surface area contributed by atoms with Crippen molar-refractivity contribution in [1.29, 1.82) is 0 Å². The first-order chi connectivity index (χ1) is 14.3. The molecule has 0 atom stereocenters.